The van der Waals surface area contributed by atoms with E-state index in [1.165, 1.54) is 5.56 Å². The normalized spacial score (nSPS) is 17.8. The van der Waals surface area contributed by atoms with E-state index < -0.39 is 0 Å². The molecule has 6 nitrogen and oxygen atoms in total. The third kappa shape index (κ3) is 2.92. The van der Waals surface area contributed by atoms with E-state index in [9.17, 15) is 4.79 Å². The van der Waals surface area contributed by atoms with Gasteiger partial charge < -0.3 is 9.88 Å². The predicted molar refractivity (Wildman–Crippen MR) is 100 cm³/mol. The minimum atomic E-state index is -0.221. The van der Waals surface area contributed by atoms with Crippen LogP contribution in [0.3, 0.4) is 0 Å². The smallest absolute Gasteiger partial charge is 0.243 e. The first-order chi connectivity index (χ1) is 12.6. The van der Waals surface area contributed by atoms with E-state index in [1.807, 2.05) is 27.7 Å². The number of aromatic nitrogens is 4. The van der Waals surface area contributed by atoms with Gasteiger partial charge in [0.15, 0.2) is 0 Å². The average molecular weight is 349 g/mol. The molecular weight excluding hydrogens is 326 g/mol. The number of carbonyl (C=O) groups is 1. The molecule has 1 aromatic carbocycles. The van der Waals surface area contributed by atoms with Crippen molar-refractivity contribution in [1.82, 2.24) is 24.6 Å². The maximum Gasteiger partial charge on any atom is 0.243 e. The predicted octanol–water partition coefficient (Wildman–Crippen LogP) is 3.19. The van der Waals surface area contributed by atoms with Crippen LogP contribution in [0.25, 0.3) is 17.1 Å². The zero-order valence-electron chi connectivity index (χ0n) is 15.1. The minimum Gasteiger partial charge on any atom is -0.354 e. The molecule has 1 fully saturated rings. The van der Waals surface area contributed by atoms with E-state index in [-0.39, 0.29) is 11.9 Å². The Morgan fingerprint density at radius 3 is 2.85 bits per heavy atom. The van der Waals surface area contributed by atoms with E-state index >= 15 is 0 Å². The van der Waals surface area contributed by atoms with Crippen molar-refractivity contribution in [2.75, 3.05) is 6.54 Å². The lowest BCUT2D eigenvalue weighted by molar-refractivity contribution is -0.124. The van der Waals surface area contributed by atoms with Gasteiger partial charge in [-0.05, 0) is 56.4 Å². The highest BCUT2D eigenvalue weighted by Gasteiger charge is 2.26. The Hall–Kier alpha value is -2.89. The molecule has 0 radical (unpaired) electrons. The molecule has 0 bridgehead atoms. The molecule has 1 saturated heterocycles. The summed E-state index contributed by atoms with van der Waals surface area (Å²) in [6.45, 7) is 4.91. The number of aryl methyl sites for hydroxylation is 2. The fourth-order valence-electron chi connectivity index (χ4n) is 3.77. The molecule has 0 aliphatic carbocycles. The molecule has 3 aromatic rings. The zero-order valence-corrected chi connectivity index (χ0v) is 15.1. The molecule has 0 saturated carbocycles. The first-order valence-electron chi connectivity index (χ1n) is 9.07. The number of hydrogen-bond donors (Lipinski definition) is 1. The van der Waals surface area contributed by atoms with Crippen LogP contribution in [0, 0.1) is 13.8 Å². The summed E-state index contributed by atoms with van der Waals surface area (Å²) in [5.41, 5.74) is 4.29. The molecule has 134 valence electrons. The SMILES string of the molecule is Cc1cc(C)c(-c2nccn2[C@@H]2CCCCNC2=O)c(-n2cccn2)c1. The molecule has 4 rings (SSSR count). The Balaban J connectivity index is 1.88. The van der Waals surface area contributed by atoms with E-state index in [0.29, 0.717) is 0 Å². The van der Waals surface area contributed by atoms with Crippen LogP contribution in [0.1, 0.15) is 36.4 Å². The van der Waals surface area contributed by atoms with Gasteiger partial charge in [-0.15, -0.1) is 0 Å². The van der Waals surface area contributed by atoms with Crippen LogP contribution in [0.5, 0.6) is 0 Å². The molecule has 1 aliphatic heterocycles. The van der Waals surface area contributed by atoms with E-state index in [1.54, 1.807) is 12.4 Å². The minimum absolute atomic E-state index is 0.0761. The molecule has 1 N–H and O–H groups in total. The second-order valence-electron chi connectivity index (χ2n) is 6.89. The van der Waals surface area contributed by atoms with Gasteiger partial charge in [0.25, 0.3) is 0 Å². The summed E-state index contributed by atoms with van der Waals surface area (Å²) in [5.74, 6) is 0.891. The quantitative estimate of drug-likeness (QED) is 0.790. The molecular formula is C20H23N5O. The van der Waals surface area contributed by atoms with Crippen LogP contribution in [0.15, 0.2) is 43.0 Å². The van der Waals surface area contributed by atoms with Crippen molar-refractivity contribution in [3.8, 4) is 17.1 Å². The van der Waals surface area contributed by atoms with Crippen molar-refractivity contribution in [3.63, 3.8) is 0 Å². The van der Waals surface area contributed by atoms with Gasteiger partial charge in [-0.3, -0.25) is 4.79 Å². The molecule has 0 spiro atoms. The maximum atomic E-state index is 12.6. The lowest BCUT2D eigenvalue weighted by Gasteiger charge is -2.20. The number of hydrogen-bond acceptors (Lipinski definition) is 3. The second-order valence-corrected chi connectivity index (χ2v) is 6.89. The number of rotatable bonds is 3. The molecule has 1 aliphatic rings. The lowest BCUT2D eigenvalue weighted by atomic mass is 10.0. The molecule has 26 heavy (non-hydrogen) atoms. The monoisotopic (exact) mass is 349 g/mol. The van der Waals surface area contributed by atoms with Crippen LogP contribution >= 0.6 is 0 Å². The number of amides is 1. The van der Waals surface area contributed by atoms with Crippen molar-refractivity contribution in [3.05, 3.63) is 54.1 Å². The van der Waals surface area contributed by atoms with Crippen LogP contribution in [-0.4, -0.2) is 31.8 Å². The lowest BCUT2D eigenvalue weighted by Crippen LogP contribution is -2.31. The summed E-state index contributed by atoms with van der Waals surface area (Å²) in [7, 11) is 0. The fraction of sp³-hybridized carbons (Fsp3) is 0.350. The van der Waals surface area contributed by atoms with Crippen LogP contribution < -0.4 is 5.32 Å². The Bertz CT molecular complexity index is 926. The molecule has 0 unspecified atom stereocenters. The third-order valence-corrected chi connectivity index (χ3v) is 4.94. The summed E-state index contributed by atoms with van der Waals surface area (Å²) < 4.78 is 3.88. The molecule has 1 atom stereocenters. The van der Waals surface area contributed by atoms with Crippen molar-refractivity contribution >= 4 is 5.91 Å². The Labute approximate surface area is 152 Å². The van der Waals surface area contributed by atoms with Crippen LogP contribution in [-0.2, 0) is 4.79 Å². The first kappa shape index (κ1) is 16.6. The van der Waals surface area contributed by atoms with Gasteiger partial charge in [0.2, 0.25) is 5.91 Å². The summed E-state index contributed by atoms with van der Waals surface area (Å²) in [5, 5.41) is 7.43. The Morgan fingerprint density at radius 1 is 1.15 bits per heavy atom. The van der Waals surface area contributed by atoms with Gasteiger partial charge in [0, 0.05) is 36.9 Å². The van der Waals surface area contributed by atoms with Gasteiger partial charge in [-0.1, -0.05) is 6.07 Å². The van der Waals surface area contributed by atoms with E-state index in [0.717, 1.165) is 48.4 Å². The van der Waals surface area contributed by atoms with E-state index in [4.69, 9.17) is 0 Å². The molecule has 2 aromatic heterocycles. The number of imidazole rings is 1. The Morgan fingerprint density at radius 2 is 2.04 bits per heavy atom. The summed E-state index contributed by atoms with van der Waals surface area (Å²) in [6.07, 6.45) is 10.3. The highest BCUT2D eigenvalue weighted by Crippen LogP contribution is 2.33. The van der Waals surface area contributed by atoms with Crippen molar-refractivity contribution in [2.45, 2.75) is 39.2 Å². The molecule has 3 heterocycles. The number of nitrogens with one attached hydrogen (secondary N) is 1. The number of benzene rings is 1. The van der Waals surface area contributed by atoms with Crippen molar-refractivity contribution in [2.24, 2.45) is 0 Å². The standard InChI is InChI=1S/C20H23N5O/c1-14-12-15(2)18(17(13-14)25-10-5-8-23-25)19-21-9-11-24(19)16-6-3-4-7-22-20(16)26/h5,8-13,16H,3-4,6-7H2,1-2H3,(H,22,26)/t16-/m1/s1. The van der Waals surface area contributed by atoms with Gasteiger partial charge in [0.05, 0.1) is 5.69 Å². The largest absolute Gasteiger partial charge is 0.354 e. The number of nitrogens with zero attached hydrogens (tertiary/aromatic N) is 4. The Kier molecular flexibility index (Phi) is 4.32. The van der Waals surface area contributed by atoms with Gasteiger partial charge >= 0.3 is 0 Å². The topological polar surface area (TPSA) is 64.7 Å². The zero-order chi connectivity index (χ0) is 18.1. The summed E-state index contributed by atoms with van der Waals surface area (Å²) in [4.78, 5) is 17.2. The highest BCUT2D eigenvalue weighted by atomic mass is 16.2. The highest BCUT2D eigenvalue weighted by molar-refractivity contribution is 5.82. The summed E-state index contributed by atoms with van der Waals surface area (Å²) in [6, 6.07) is 5.95. The maximum absolute atomic E-state index is 12.6. The van der Waals surface area contributed by atoms with Crippen LogP contribution in [0.2, 0.25) is 0 Å². The fourth-order valence-corrected chi connectivity index (χ4v) is 3.77. The van der Waals surface area contributed by atoms with E-state index in [2.05, 4.69) is 41.4 Å². The van der Waals surface area contributed by atoms with Gasteiger partial charge in [-0.2, -0.15) is 5.10 Å². The molecule has 1 amide bonds. The first-order valence-corrected chi connectivity index (χ1v) is 9.07. The van der Waals surface area contributed by atoms with Crippen molar-refractivity contribution < 1.29 is 4.79 Å². The second kappa shape index (κ2) is 6.78. The third-order valence-electron chi connectivity index (χ3n) is 4.94. The number of carbonyl (C=O) groups excluding carboxylic acids is 1. The molecule has 6 heteroatoms. The van der Waals surface area contributed by atoms with Gasteiger partial charge in [-0.25, -0.2) is 9.67 Å². The van der Waals surface area contributed by atoms with Gasteiger partial charge in [0.1, 0.15) is 11.9 Å². The summed E-state index contributed by atoms with van der Waals surface area (Å²) >= 11 is 0. The average Bonchev–Trinajstić information content (AvgIpc) is 3.25. The van der Waals surface area contributed by atoms with Crippen molar-refractivity contribution in [1.29, 1.82) is 0 Å². The van der Waals surface area contributed by atoms with Crippen LogP contribution in [0.4, 0.5) is 0 Å².